The maximum absolute atomic E-state index is 12.6. The fraction of sp³-hybridized carbons (Fsp3) is 0.333. The van der Waals surface area contributed by atoms with Gasteiger partial charge in [-0.3, -0.25) is 9.59 Å². The first-order valence-corrected chi connectivity index (χ1v) is 9.63. The molecule has 0 spiro atoms. The second kappa shape index (κ2) is 8.81. The summed E-state index contributed by atoms with van der Waals surface area (Å²) < 4.78 is 20.7. The first kappa shape index (κ1) is 19.7. The minimum Gasteiger partial charge on any atom is -0.497 e. The van der Waals surface area contributed by atoms with Gasteiger partial charge in [0.05, 0.1) is 19.8 Å². The Morgan fingerprint density at radius 2 is 2.17 bits per heavy atom. The molecule has 2 aromatic heterocycles. The molecular formula is C21H21N3O6. The Labute approximate surface area is 172 Å². The molecule has 1 aliphatic heterocycles. The number of nitrogens with zero attached hydrogens (tertiary/aromatic N) is 3. The molecular weight excluding hydrogens is 390 g/mol. The Morgan fingerprint density at radius 1 is 1.27 bits per heavy atom. The Hall–Kier alpha value is -3.62. The van der Waals surface area contributed by atoms with E-state index in [0.717, 1.165) is 29.8 Å². The van der Waals surface area contributed by atoms with E-state index in [9.17, 15) is 9.59 Å². The van der Waals surface area contributed by atoms with Crippen molar-refractivity contribution in [1.29, 1.82) is 0 Å². The van der Waals surface area contributed by atoms with E-state index in [0.29, 0.717) is 24.0 Å². The number of carbonyl (C=O) groups excluding carboxylic acids is 2. The number of hydrogen-bond acceptors (Lipinski definition) is 8. The number of aryl methyl sites for hydroxylation is 2. The molecule has 0 N–H and O–H groups in total. The Kier molecular flexibility index (Phi) is 5.78. The molecule has 4 rings (SSSR count). The fourth-order valence-corrected chi connectivity index (χ4v) is 3.32. The molecule has 3 aromatic rings. The average molecular weight is 411 g/mol. The molecule has 1 aliphatic rings. The second-order valence-electron chi connectivity index (χ2n) is 6.79. The number of methoxy groups -OCH3 is 1. The van der Waals surface area contributed by atoms with Gasteiger partial charge in [-0.25, -0.2) is 0 Å². The van der Waals surface area contributed by atoms with Crippen LogP contribution in [-0.4, -0.2) is 42.3 Å². The lowest BCUT2D eigenvalue weighted by molar-refractivity contribution is -0.147. The molecule has 0 saturated heterocycles. The summed E-state index contributed by atoms with van der Waals surface area (Å²) in [5.41, 5.74) is 1.88. The van der Waals surface area contributed by atoms with E-state index < -0.39 is 5.97 Å². The van der Waals surface area contributed by atoms with Crippen LogP contribution in [0.5, 0.6) is 5.75 Å². The van der Waals surface area contributed by atoms with Crippen LogP contribution in [0.3, 0.4) is 0 Å². The number of ether oxygens (including phenoxy) is 2. The first-order chi connectivity index (χ1) is 14.6. The number of benzene rings is 1. The van der Waals surface area contributed by atoms with Gasteiger partial charge in [-0.2, -0.15) is 4.98 Å². The number of anilines is 1. The van der Waals surface area contributed by atoms with Gasteiger partial charge in [-0.05, 0) is 48.7 Å². The van der Waals surface area contributed by atoms with Crippen LogP contribution in [0.4, 0.5) is 5.69 Å². The van der Waals surface area contributed by atoms with E-state index in [1.165, 1.54) is 6.26 Å². The maximum Gasteiger partial charge on any atom is 0.306 e. The van der Waals surface area contributed by atoms with Crippen LogP contribution in [0.15, 0.2) is 45.5 Å². The third kappa shape index (κ3) is 4.35. The van der Waals surface area contributed by atoms with Crippen molar-refractivity contribution in [3.8, 4) is 17.3 Å². The van der Waals surface area contributed by atoms with Crippen LogP contribution in [0.1, 0.15) is 24.3 Å². The smallest absolute Gasteiger partial charge is 0.306 e. The molecule has 0 unspecified atom stereocenters. The van der Waals surface area contributed by atoms with Gasteiger partial charge in [0.15, 0.2) is 12.4 Å². The molecule has 30 heavy (non-hydrogen) atoms. The highest BCUT2D eigenvalue weighted by molar-refractivity contribution is 5.96. The largest absolute Gasteiger partial charge is 0.497 e. The predicted molar refractivity (Wildman–Crippen MR) is 105 cm³/mol. The highest BCUT2D eigenvalue weighted by Gasteiger charge is 2.24. The summed E-state index contributed by atoms with van der Waals surface area (Å²) in [6.45, 7) is 0.277. The Bertz CT molecular complexity index is 1030. The quantitative estimate of drug-likeness (QED) is 0.546. The summed E-state index contributed by atoms with van der Waals surface area (Å²) in [7, 11) is 1.61. The van der Waals surface area contributed by atoms with Crippen LogP contribution >= 0.6 is 0 Å². The minimum absolute atomic E-state index is 0.0286. The zero-order valence-electron chi connectivity index (χ0n) is 16.5. The Morgan fingerprint density at radius 3 is 2.97 bits per heavy atom. The van der Waals surface area contributed by atoms with Crippen LogP contribution in [0, 0.1) is 0 Å². The number of amides is 1. The van der Waals surface area contributed by atoms with Crippen molar-refractivity contribution >= 4 is 17.6 Å². The number of aromatic nitrogens is 2. The van der Waals surface area contributed by atoms with E-state index in [-0.39, 0.29) is 25.4 Å². The number of carbonyl (C=O) groups is 2. The minimum atomic E-state index is -0.506. The van der Waals surface area contributed by atoms with Gasteiger partial charge in [-0.1, -0.05) is 5.16 Å². The summed E-state index contributed by atoms with van der Waals surface area (Å²) in [5, 5.41) is 3.80. The SMILES string of the molecule is COc1ccc2c(c1)CCCN2C(=O)COC(=O)CCc1nc(-c2ccco2)no1. The molecule has 9 nitrogen and oxygen atoms in total. The van der Waals surface area contributed by atoms with E-state index >= 15 is 0 Å². The third-order valence-electron chi connectivity index (χ3n) is 4.82. The normalized spacial score (nSPS) is 13.0. The average Bonchev–Trinajstić information content (AvgIpc) is 3.47. The van der Waals surface area contributed by atoms with Crippen LogP contribution in [-0.2, 0) is 27.2 Å². The van der Waals surface area contributed by atoms with Crippen molar-refractivity contribution in [2.45, 2.75) is 25.7 Å². The van der Waals surface area contributed by atoms with Gasteiger partial charge in [0, 0.05) is 18.7 Å². The molecule has 0 bridgehead atoms. The van der Waals surface area contributed by atoms with E-state index in [4.69, 9.17) is 18.4 Å². The Balaban J connectivity index is 1.28. The summed E-state index contributed by atoms with van der Waals surface area (Å²) >= 11 is 0. The third-order valence-corrected chi connectivity index (χ3v) is 4.82. The van der Waals surface area contributed by atoms with Gasteiger partial charge >= 0.3 is 5.97 Å². The van der Waals surface area contributed by atoms with Gasteiger partial charge in [0.2, 0.25) is 11.7 Å². The molecule has 0 fully saturated rings. The second-order valence-corrected chi connectivity index (χ2v) is 6.79. The van der Waals surface area contributed by atoms with Gasteiger partial charge < -0.3 is 23.3 Å². The lowest BCUT2D eigenvalue weighted by atomic mass is 10.0. The van der Waals surface area contributed by atoms with Crippen molar-refractivity contribution in [2.75, 3.05) is 25.2 Å². The van der Waals surface area contributed by atoms with Crippen molar-refractivity contribution in [3.05, 3.63) is 48.0 Å². The number of fused-ring (bicyclic) bond motifs is 1. The molecule has 0 radical (unpaired) electrons. The van der Waals surface area contributed by atoms with Gasteiger partial charge in [0.25, 0.3) is 5.91 Å². The van der Waals surface area contributed by atoms with Gasteiger partial charge in [-0.15, -0.1) is 0 Å². The zero-order valence-corrected chi connectivity index (χ0v) is 16.5. The molecule has 0 aliphatic carbocycles. The van der Waals surface area contributed by atoms with Crippen molar-refractivity contribution < 1.29 is 28.0 Å². The van der Waals surface area contributed by atoms with E-state index in [1.54, 1.807) is 24.1 Å². The lowest BCUT2D eigenvalue weighted by Crippen LogP contribution is -2.38. The van der Waals surface area contributed by atoms with Crippen molar-refractivity contribution in [3.63, 3.8) is 0 Å². The first-order valence-electron chi connectivity index (χ1n) is 9.63. The standard InChI is InChI=1S/C21H21N3O6/c1-27-15-6-7-16-14(12-15)4-2-10-24(16)19(25)13-29-20(26)9-8-18-22-21(23-30-18)17-5-3-11-28-17/h3,5-7,11-12H,2,4,8-10,13H2,1H3. The fourth-order valence-electron chi connectivity index (χ4n) is 3.32. The molecule has 0 atom stereocenters. The molecule has 3 heterocycles. The van der Waals surface area contributed by atoms with Crippen molar-refractivity contribution in [1.82, 2.24) is 10.1 Å². The van der Waals surface area contributed by atoms with E-state index in [1.807, 2.05) is 18.2 Å². The van der Waals surface area contributed by atoms with E-state index in [2.05, 4.69) is 10.1 Å². The summed E-state index contributed by atoms with van der Waals surface area (Å²) in [6.07, 6.45) is 3.47. The molecule has 0 saturated carbocycles. The number of esters is 1. The van der Waals surface area contributed by atoms with Crippen LogP contribution in [0.2, 0.25) is 0 Å². The summed E-state index contributed by atoms with van der Waals surface area (Å²) in [5.74, 6) is 1.09. The summed E-state index contributed by atoms with van der Waals surface area (Å²) in [4.78, 5) is 30.5. The molecule has 1 amide bonds. The van der Waals surface area contributed by atoms with Crippen LogP contribution < -0.4 is 9.64 Å². The summed E-state index contributed by atoms with van der Waals surface area (Å²) in [6, 6.07) is 9.04. The molecule has 1 aromatic carbocycles. The highest BCUT2D eigenvalue weighted by Crippen LogP contribution is 2.30. The van der Waals surface area contributed by atoms with Crippen LogP contribution in [0.25, 0.3) is 11.6 Å². The van der Waals surface area contributed by atoms with Gasteiger partial charge in [0.1, 0.15) is 5.75 Å². The maximum atomic E-state index is 12.6. The monoisotopic (exact) mass is 411 g/mol. The highest BCUT2D eigenvalue weighted by atomic mass is 16.5. The molecule has 156 valence electrons. The topological polar surface area (TPSA) is 108 Å². The zero-order chi connectivity index (χ0) is 20.9. The van der Waals surface area contributed by atoms with Crippen molar-refractivity contribution in [2.24, 2.45) is 0 Å². The predicted octanol–water partition coefficient (Wildman–Crippen LogP) is 2.79. The lowest BCUT2D eigenvalue weighted by Gasteiger charge is -2.29. The number of hydrogen-bond donors (Lipinski definition) is 0. The number of furan rings is 1. The number of rotatable bonds is 7. The molecule has 9 heteroatoms.